The maximum absolute atomic E-state index is 15.7. The predicted molar refractivity (Wildman–Crippen MR) is 123 cm³/mol. The Hall–Kier alpha value is -2.82. The van der Waals surface area contributed by atoms with Gasteiger partial charge in [0.25, 0.3) is 11.8 Å². The van der Waals surface area contributed by atoms with E-state index in [4.69, 9.17) is 27.8 Å². The number of phosphoric ester groups is 1. The average Bonchev–Trinajstić information content (AvgIpc) is 2.97. The second kappa shape index (κ2) is 13.0. The van der Waals surface area contributed by atoms with Crippen molar-refractivity contribution in [2.75, 3.05) is 20.2 Å². The van der Waals surface area contributed by atoms with Crippen LogP contribution in [-0.2, 0) is 46.6 Å². The Balaban J connectivity index is 2.13. The lowest BCUT2D eigenvalue weighted by molar-refractivity contribution is -0.209. The Bertz CT molecular complexity index is 976. The lowest BCUT2D eigenvalue weighted by atomic mass is 9.96. The number of carbonyl (C=O) groups is 3. The van der Waals surface area contributed by atoms with E-state index in [0.717, 1.165) is 24.1 Å². The first-order valence-corrected chi connectivity index (χ1v) is 12.9. The Labute approximate surface area is 222 Å². The van der Waals surface area contributed by atoms with Gasteiger partial charge in [-0.2, -0.15) is 0 Å². The molecule has 0 spiro atoms. The smallest absolute Gasteiger partial charge is 0.432 e. The predicted octanol–water partition coefficient (Wildman–Crippen LogP) is 2.71. The van der Waals surface area contributed by atoms with E-state index in [-0.39, 0.29) is 5.82 Å². The average molecular weight is 588 g/mol. The monoisotopic (exact) mass is 588 g/mol. The van der Waals surface area contributed by atoms with Gasteiger partial charge >= 0.3 is 20.1 Å². The number of aliphatic hydroxyl groups is 1. The number of rotatable bonds is 12. The normalized spacial score (nSPS) is 27.1. The van der Waals surface area contributed by atoms with Crippen LogP contribution in [0.4, 0.5) is 18.4 Å². The van der Waals surface area contributed by atoms with Crippen LogP contribution in [0.25, 0.3) is 0 Å². The highest BCUT2D eigenvalue weighted by atomic mass is 31.2. The highest BCUT2D eigenvalue weighted by molar-refractivity contribution is 7.48. The van der Waals surface area contributed by atoms with Crippen molar-refractivity contribution < 1.29 is 70.1 Å². The summed E-state index contributed by atoms with van der Waals surface area (Å²) >= 11 is 0. The molecule has 18 heteroatoms. The number of nitrogens with zero attached hydrogens (tertiary/aromatic N) is 1. The summed E-state index contributed by atoms with van der Waals surface area (Å²) in [6.07, 6.45) is -5.92. The van der Waals surface area contributed by atoms with Gasteiger partial charge < -0.3 is 39.0 Å². The van der Waals surface area contributed by atoms with Crippen LogP contribution in [0.15, 0.2) is 24.7 Å². The molecule has 0 saturated carbocycles. The zero-order valence-corrected chi connectivity index (χ0v) is 22.7. The minimum atomic E-state index is -4.96. The number of hydrogen-bond acceptors (Lipinski definition) is 14. The highest BCUT2D eigenvalue weighted by Gasteiger charge is 2.66. The molecule has 0 bridgehead atoms. The van der Waals surface area contributed by atoms with Crippen molar-refractivity contribution >= 4 is 26.0 Å². The fourth-order valence-corrected chi connectivity index (χ4v) is 4.00. The van der Waals surface area contributed by atoms with Crippen LogP contribution < -0.4 is 5.32 Å². The Kier molecular flexibility index (Phi) is 10.8. The molecule has 0 aromatic rings. The summed E-state index contributed by atoms with van der Waals surface area (Å²) in [5.41, 5.74) is -2.83. The molecule has 1 saturated heterocycles. The number of ether oxygens (including phenoxy) is 5. The fraction of sp³-hybridized carbons (Fsp3) is 0.667. The lowest BCUT2D eigenvalue weighted by Crippen LogP contribution is -2.51. The van der Waals surface area contributed by atoms with Gasteiger partial charge in [-0.15, -0.1) is 0 Å². The van der Waals surface area contributed by atoms with Crippen molar-refractivity contribution in [2.45, 2.75) is 70.7 Å². The number of alkyl halides is 2. The molecule has 2 aliphatic heterocycles. The van der Waals surface area contributed by atoms with Gasteiger partial charge in [-0.25, -0.2) is 32.0 Å². The van der Waals surface area contributed by atoms with Crippen LogP contribution in [0.1, 0.15) is 34.6 Å². The number of amides is 1. The Morgan fingerprint density at radius 2 is 1.64 bits per heavy atom. The maximum Gasteiger partial charge on any atom is 0.510 e. The van der Waals surface area contributed by atoms with Gasteiger partial charge in [-0.05, 0) is 34.6 Å². The molecule has 0 radical (unpaired) electrons. The van der Waals surface area contributed by atoms with Gasteiger partial charge in [0.2, 0.25) is 13.6 Å². The molecule has 222 valence electrons. The summed E-state index contributed by atoms with van der Waals surface area (Å²) in [5, 5.41) is 12.7. The van der Waals surface area contributed by atoms with E-state index in [9.17, 15) is 24.1 Å². The Morgan fingerprint density at radius 1 is 1.13 bits per heavy atom. The van der Waals surface area contributed by atoms with E-state index < -0.39 is 82.3 Å². The zero-order chi connectivity index (χ0) is 29.6. The molecule has 1 fully saturated rings. The molecule has 0 unspecified atom stereocenters. The third-order valence-electron chi connectivity index (χ3n) is 4.81. The van der Waals surface area contributed by atoms with Crippen molar-refractivity contribution in [3.8, 4) is 0 Å². The van der Waals surface area contributed by atoms with Crippen molar-refractivity contribution in [1.82, 2.24) is 10.2 Å². The summed E-state index contributed by atoms with van der Waals surface area (Å²) in [7, 11) is -4.96. The molecular formula is C21H31F2N2O13P. The third-order valence-corrected chi connectivity index (χ3v) is 6.10. The van der Waals surface area contributed by atoms with Crippen molar-refractivity contribution in [3.63, 3.8) is 0 Å². The van der Waals surface area contributed by atoms with Crippen LogP contribution in [-0.4, -0.2) is 84.5 Å². The minimum Gasteiger partial charge on any atom is -0.432 e. The van der Waals surface area contributed by atoms with E-state index in [1.165, 1.54) is 27.7 Å². The molecule has 2 N–H and O–H groups in total. The summed E-state index contributed by atoms with van der Waals surface area (Å²) in [5.74, 6) is -4.12. The van der Waals surface area contributed by atoms with Gasteiger partial charge in [0.1, 0.15) is 12.4 Å². The van der Waals surface area contributed by atoms with Gasteiger partial charge in [-0.1, -0.05) is 6.58 Å². The van der Waals surface area contributed by atoms with Gasteiger partial charge in [0, 0.05) is 12.3 Å². The molecule has 39 heavy (non-hydrogen) atoms. The quantitative estimate of drug-likeness (QED) is 0.193. The SMILES string of the molecule is C=C1NC(=O)C=CN1[C@@H]1O[C@](F)(COP(=O)(OCOC(=O)OC(C)C)OCOC(=O)OC(C)C)[C@@H](O)[C@@]1(C)F. The zero-order valence-electron chi connectivity index (χ0n) is 21.8. The molecule has 0 aliphatic carbocycles. The van der Waals surface area contributed by atoms with E-state index in [0.29, 0.717) is 0 Å². The molecule has 2 heterocycles. The minimum absolute atomic E-state index is 0.179. The fourth-order valence-electron chi connectivity index (χ4n) is 3.08. The maximum atomic E-state index is 15.7. The molecule has 1 amide bonds. The third kappa shape index (κ3) is 8.84. The highest BCUT2D eigenvalue weighted by Crippen LogP contribution is 2.52. The van der Waals surface area contributed by atoms with Gasteiger partial charge in [0.15, 0.2) is 18.0 Å². The van der Waals surface area contributed by atoms with Gasteiger partial charge in [0.05, 0.1) is 12.2 Å². The van der Waals surface area contributed by atoms with Crippen molar-refractivity contribution in [2.24, 2.45) is 0 Å². The first-order valence-electron chi connectivity index (χ1n) is 11.4. The summed E-state index contributed by atoms with van der Waals surface area (Å²) < 4.78 is 82.2. The molecular weight excluding hydrogens is 557 g/mol. The number of phosphoric acid groups is 1. The van der Waals surface area contributed by atoms with Crippen LogP contribution >= 0.6 is 7.82 Å². The molecule has 2 aliphatic rings. The number of nitrogens with one attached hydrogen (secondary N) is 1. The van der Waals surface area contributed by atoms with E-state index in [2.05, 4.69) is 21.4 Å². The molecule has 4 atom stereocenters. The Morgan fingerprint density at radius 3 is 2.10 bits per heavy atom. The summed E-state index contributed by atoms with van der Waals surface area (Å²) in [6.45, 7) is 6.79. The van der Waals surface area contributed by atoms with E-state index in [1.807, 2.05) is 0 Å². The van der Waals surface area contributed by atoms with E-state index in [1.54, 1.807) is 0 Å². The number of hydrogen-bond donors (Lipinski definition) is 2. The van der Waals surface area contributed by atoms with Crippen molar-refractivity contribution in [1.29, 1.82) is 0 Å². The summed E-state index contributed by atoms with van der Waals surface area (Å²) in [6, 6.07) is 0. The molecule has 0 aromatic heterocycles. The van der Waals surface area contributed by atoms with Gasteiger partial charge in [-0.3, -0.25) is 9.32 Å². The van der Waals surface area contributed by atoms with Crippen LogP contribution in [0.5, 0.6) is 0 Å². The number of halogens is 2. The molecule has 15 nitrogen and oxygen atoms in total. The summed E-state index contributed by atoms with van der Waals surface area (Å²) in [4.78, 5) is 35.4. The second-order valence-corrected chi connectivity index (χ2v) is 10.5. The standard InChI is InChI=1S/C21H31F2N2O13P/c1-12(2)36-18(28)31-10-34-39(30,35-11-32-19(29)37-13(3)4)33-9-21(23)16(27)20(6,22)17(38-21)25-8-7-15(26)24-14(25)5/h7-8,12-13,16-17,27H,5,9-11H2,1-4,6H3,(H,24,26)/t16-,17+,20+,21+/m0/s1. The lowest BCUT2D eigenvalue weighted by Gasteiger charge is -2.35. The first-order chi connectivity index (χ1) is 18.0. The molecule has 2 rings (SSSR count). The van der Waals surface area contributed by atoms with Crippen LogP contribution in [0, 0.1) is 0 Å². The number of aliphatic hydroxyl groups excluding tert-OH is 1. The topological polar surface area (TPSA) is 178 Å². The first kappa shape index (κ1) is 32.4. The van der Waals surface area contributed by atoms with Crippen LogP contribution in [0.2, 0.25) is 0 Å². The number of carbonyl (C=O) groups excluding carboxylic acids is 3. The van der Waals surface area contributed by atoms with Crippen molar-refractivity contribution in [3.05, 3.63) is 24.7 Å². The van der Waals surface area contributed by atoms with E-state index >= 15 is 8.78 Å². The second-order valence-electron chi connectivity index (χ2n) is 8.81. The largest absolute Gasteiger partial charge is 0.510 e. The molecule has 0 aromatic carbocycles. The van der Waals surface area contributed by atoms with Crippen LogP contribution in [0.3, 0.4) is 0 Å².